The molecule has 0 saturated carbocycles. The summed E-state index contributed by atoms with van der Waals surface area (Å²) in [5.41, 5.74) is 16.7. The summed E-state index contributed by atoms with van der Waals surface area (Å²) < 4.78 is 0. The second-order valence-corrected chi connectivity index (χ2v) is 6.77. The fourth-order valence-electron chi connectivity index (χ4n) is 2.83. The zero-order chi connectivity index (χ0) is 22.1. The monoisotopic (exact) mass is 414 g/mol. The zero-order valence-corrected chi connectivity index (χ0v) is 16.4. The number of amides is 2. The molecule has 0 spiro atoms. The molecular weight excluding hydrogens is 388 g/mol. The number of carbonyl (C=O) groups excluding carboxylic acids is 2. The number of carbonyl (C=O) groups is 3. The number of nitrogens with zero attached hydrogens (tertiary/aromatic N) is 1. The van der Waals surface area contributed by atoms with Crippen LogP contribution in [0.3, 0.4) is 0 Å². The van der Waals surface area contributed by atoms with E-state index >= 15 is 0 Å². The van der Waals surface area contributed by atoms with Crippen LogP contribution in [-0.4, -0.2) is 47.5 Å². The van der Waals surface area contributed by atoms with Gasteiger partial charge in [-0.3, -0.25) is 19.4 Å². The number of carboxylic acid groups (broad SMARTS) is 1. The molecule has 10 heteroatoms. The van der Waals surface area contributed by atoms with E-state index < -0.39 is 36.3 Å². The number of aliphatic imine (C=N–C) groups is 1. The number of nitrogens with one attached hydrogen (secondary N) is 2. The van der Waals surface area contributed by atoms with Gasteiger partial charge in [-0.25, -0.2) is 0 Å². The van der Waals surface area contributed by atoms with Crippen LogP contribution < -0.4 is 27.8 Å². The minimum atomic E-state index is -1.27. The van der Waals surface area contributed by atoms with Crippen molar-refractivity contribution in [3.63, 3.8) is 0 Å². The first kappa shape index (κ1) is 22.6. The van der Waals surface area contributed by atoms with E-state index in [9.17, 15) is 14.4 Å². The highest BCUT2D eigenvalue weighted by atomic mass is 16.4. The van der Waals surface area contributed by atoms with Crippen LogP contribution in [0.15, 0.2) is 47.5 Å². The Balaban J connectivity index is 2.09. The molecule has 10 nitrogen and oxygen atoms in total. The van der Waals surface area contributed by atoms with Gasteiger partial charge in [0.25, 0.3) is 0 Å². The van der Waals surface area contributed by atoms with Crippen LogP contribution in [0.5, 0.6) is 0 Å². The SMILES string of the molecule is NC(N)=NCCC[C@H](NC(=O)[C@@H](N)CC(=O)O)C(=O)Nc1ccc2ccccc2c1. The van der Waals surface area contributed by atoms with Gasteiger partial charge >= 0.3 is 5.97 Å². The molecule has 0 aliphatic rings. The van der Waals surface area contributed by atoms with Crippen LogP contribution in [0.25, 0.3) is 10.8 Å². The maximum Gasteiger partial charge on any atom is 0.305 e. The summed E-state index contributed by atoms with van der Waals surface area (Å²) in [7, 11) is 0. The zero-order valence-electron chi connectivity index (χ0n) is 16.4. The number of guanidine groups is 1. The molecule has 0 aromatic heterocycles. The smallest absolute Gasteiger partial charge is 0.305 e. The fraction of sp³-hybridized carbons (Fsp3) is 0.300. The predicted octanol–water partition coefficient (Wildman–Crippen LogP) is 0.119. The van der Waals surface area contributed by atoms with Crippen LogP contribution in [0.4, 0.5) is 5.69 Å². The van der Waals surface area contributed by atoms with Gasteiger partial charge in [0.1, 0.15) is 6.04 Å². The van der Waals surface area contributed by atoms with Gasteiger partial charge < -0.3 is 32.9 Å². The van der Waals surface area contributed by atoms with Gasteiger partial charge in [-0.05, 0) is 35.7 Å². The first-order chi connectivity index (χ1) is 14.3. The maximum absolute atomic E-state index is 12.8. The number of benzene rings is 2. The summed E-state index contributed by atoms with van der Waals surface area (Å²) in [5.74, 6) is -2.45. The lowest BCUT2D eigenvalue weighted by Gasteiger charge is -2.20. The van der Waals surface area contributed by atoms with Crippen molar-refractivity contribution >= 4 is 40.2 Å². The van der Waals surface area contributed by atoms with Crippen LogP contribution >= 0.6 is 0 Å². The Morgan fingerprint density at radius 2 is 1.73 bits per heavy atom. The summed E-state index contributed by atoms with van der Waals surface area (Å²) >= 11 is 0. The predicted molar refractivity (Wildman–Crippen MR) is 115 cm³/mol. The fourth-order valence-corrected chi connectivity index (χ4v) is 2.83. The molecule has 2 aromatic carbocycles. The molecule has 0 radical (unpaired) electrons. The molecular formula is C20H26N6O4. The molecule has 160 valence electrons. The molecule has 2 rings (SSSR count). The molecule has 2 amide bonds. The summed E-state index contributed by atoms with van der Waals surface area (Å²) in [6, 6.07) is 10.9. The lowest BCUT2D eigenvalue weighted by atomic mass is 10.1. The van der Waals surface area contributed by atoms with Crippen molar-refractivity contribution < 1.29 is 19.5 Å². The Kier molecular flexibility index (Phi) is 8.12. The van der Waals surface area contributed by atoms with Gasteiger partial charge in [0, 0.05) is 12.2 Å². The van der Waals surface area contributed by atoms with Crippen molar-refractivity contribution in [2.45, 2.75) is 31.3 Å². The Bertz CT molecular complexity index is 942. The molecule has 0 heterocycles. The van der Waals surface area contributed by atoms with Crippen molar-refractivity contribution in [3.8, 4) is 0 Å². The van der Waals surface area contributed by atoms with Gasteiger partial charge in [-0.15, -0.1) is 0 Å². The van der Waals surface area contributed by atoms with Crippen molar-refractivity contribution in [1.29, 1.82) is 0 Å². The van der Waals surface area contributed by atoms with Gasteiger partial charge in [0.05, 0.1) is 12.5 Å². The number of rotatable bonds is 10. The number of hydrogen-bond acceptors (Lipinski definition) is 5. The van der Waals surface area contributed by atoms with Crippen molar-refractivity contribution in [3.05, 3.63) is 42.5 Å². The molecule has 0 fully saturated rings. The molecule has 9 N–H and O–H groups in total. The van der Waals surface area contributed by atoms with Gasteiger partial charge in [-0.1, -0.05) is 30.3 Å². The average molecular weight is 414 g/mol. The van der Waals surface area contributed by atoms with Crippen molar-refractivity contribution in [2.75, 3.05) is 11.9 Å². The number of nitrogens with two attached hydrogens (primary N) is 3. The Morgan fingerprint density at radius 1 is 1.03 bits per heavy atom. The number of hydrogen-bond donors (Lipinski definition) is 6. The quantitative estimate of drug-likeness (QED) is 0.181. The van der Waals surface area contributed by atoms with Gasteiger partial charge in [0.15, 0.2) is 5.96 Å². The Hall–Kier alpha value is -3.66. The molecule has 30 heavy (non-hydrogen) atoms. The Morgan fingerprint density at radius 3 is 2.40 bits per heavy atom. The van der Waals surface area contributed by atoms with Crippen LogP contribution in [0, 0.1) is 0 Å². The van der Waals surface area contributed by atoms with E-state index in [1.165, 1.54) is 0 Å². The highest BCUT2D eigenvalue weighted by Gasteiger charge is 2.25. The number of anilines is 1. The van der Waals surface area contributed by atoms with E-state index in [0.29, 0.717) is 12.1 Å². The van der Waals surface area contributed by atoms with Gasteiger partial charge in [-0.2, -0.15) is 0 Å². The molecule has 0 aliphatic carbocycles. The van der Waals surface area contributed by atoms with E-state index in [0.717, 1.165) is 10.8 Å². The third kappa shape index (κ3) is 7.06. The number of fused-ring (bicyclic) bond motifs is 1. The molecule has 0 bridgehead atoms. The van der Waals surface area contributed by atoms with E-state index in [1.807, 2.05) is 36.4 Å². The van der Waals surface area contributed by atoms with E-state index in [-0.39, 0.29) is 18.9 Å². The third-order valence-corrected chi connectivity index (χ3v) is 4.33. The number of carboxylic acids is 1. The third-order valence-electron chi connectivity index (χ3n) is 4.33. The highest BCUT2D eigenvalue weighted by Crippen LogP contribution is 2.19. The minimum absolute atomic E-state index is 0.0697. The molecule has 2 atom stereocenters. The van der Waals surface area contributed by atoms with Crippen molar-refractivity contribution in [1.82, 2.24) is 5.32 Å². The molecule has 2 aromatic rings. The van der Waals surface area contributed by atoms with Crippen LogP contribution in [-0.2, 0) is 14.4 Å². The summed E-state index contributed by atoms with van der Waals surface area (Å²) in [5, 5.41) is 16.1. The highest BCUT2D eigenvalue weighted by molar-refractivity contribution is 5.99. The van der Waals surface area contributed by atoms with Crippen molar-refractivity contribution in [2.24, 2.45) is 22.2 Å². The molecule has 0 aliphatic heterocycles. The van der Waals surface area contributed by atoms with Gasteiger partial charge in [0.2, 0.25) is 11.8 Å². The average Bonchev–Trinajstić information content (AvgIpc) is 2.69. The minimum Gasteiger partial charge on any atom is -0.481 e. The van der Waals surface area contributed by atoms with E-state index in [2.05, 4.69) is 15.6 Å². The first-order valence-corrected chi connectivity index (χ1v) is 9.39. The summed E-state index contributed by atoms with van der Waals surface area (Å²) in [4.78, 5) is 39.6. The second kappa shape index (κ2) is 10.8. The van der Waals surface area contributed by atoms with Crippen LogP contribution in [0.1, 0.15) is 19.3 Å². The second-order valence-electron chi connectivity index (χ2n) is 6.77. The Labute approximate surface area is 173 Å². The lowest BCUT2D eigenvalue weighted by molar-refractivity contribution is -0.139. The van der Waals surface area contributed by atoms with Crippen LogP contribution in [0.2, 0.25) is 0 Å². The van der Waals surface area contributed by atoms with E-state index in [4.69, 9.17) is 22.3 Å². The summed E-state index contributed by atoms with van der Waals surface area (Å²) in [6.07, 6.45) is 0.114. The van der Waals surface area contributed by atoms with E-state index in [1.54, 1.807) is 6.07 Å². The lowest BCUT2D eigenvalue weighted by Crippen LogP contribution is -2.50. The topological polar surface area (TPSA) is 186 Å². The number of aliphatic carboxylic acids is 1. The first-order valence-electron chi connectivity index (χ1n) is 9.39. The normalized spacial score (nSPS) is 12.6. The standard InChI is InChI=1S/C20H26N6O4/c21-15(11-17(27)28)18(29)26-16(6-3-9-24-20(22)23)19(30)25-14-8-7-12-4-1-2-5-13(12)10-14/h1-2,4-5,7-8,10,15-16H,3,6,9,11,21H2,(H,25,30)(H,26,29)(H,27,28)(H4,22,23,24)/t15-,16-/m0/s1. The maximum atomic E-state index is 12.8. The molecule has 0 unspecified atom stereocenters. The summed E-state index contributed by atoms with van der Waals surface area (Å²) in [6.45, 7) is 0.277. The molecule has 0 saturated heterocycles. The largest absolute Gasteiger partial charge is 0.481 e.